The lowest BCUT2D eigenvalue weighted by Gasteiger charge is -2.30. The van der Waals surface area contributed by atoms with Crippen LogP contribution < -0.4 is 4.72 Å². The molecule has 0 unspecified atom stereocenters. The van der Waals surface area contributed by atoms with Crippen molar-refractivity contribution in [2.45, 2.75) is 45.4 Å². The van der Waals surface area contributed by atoms with Crippen LogP contribution in [-0.2, 0) is 16.4 Å². The molecule has 0 bridgehead atoms. The first kappa shape index (κ1) is 25.4. The minimum absolute atomic E-state index is 0.0410. The first-order valence-corrected chi connectivity index (χ1v) is 14.2. The lowest BCUT2D eigenvalue weighted by molar-refractivity contribution is 0.0911. The summed E-state index contributed by atoms with van der Waals surface area (Å²) in [6.07, 6.45) is 1.23. The van der Waals surface area contributed by atoms with Gasteiger partial charge >= 0.3 is 0 Å². The van der Waals surface area contributed by atoms with Gasteiger partial charge in [0.2, 0.25) is 5.95 Å². The second-order valence-electron chi connectivity index (χ2n) is 10.2. The van der Waals surface area contributed by atoms with Crippen LogP contribution in [0.1, 0.15) is 47.7 Å². The molecule has 0 saturated carbocycles. The Hall–Kier alpha value is -3.30. The van der Waals surface area contributed by atoms with Crippen LogP contribution >= 0.6 is 15.9 Å². The van der Waals surface area contributed by atoms with Gasteiger partial charge in [-0.15, -0.1) is 0 Å². The molecule has 190 valence electrons. The Labute approximate surface area is 225 Å². The number of nitrogens with zero attached hydrogens (tertiary/aromatic N) is 3. The number of nitrogens with one attached hydrogen (secondary N) is 1. The molecule has 0 amide bonds. The molecule has 0 radical (unpaired) electrons. The Balaban J connectivity index is 1.58. The number of hydrogen-bond acceptors (Lipinski definition) is 5. The number of rotatable bonds is 5. The van der Waals surface area contributed by atoms with Gasteiger partial charge in [-0.05, 0) is 79.8 Å². The van der Waals surface area contributed by atoms with Crippen LogP contribution in [0.3, 0.4) is 0 Å². The van der Waals surface area contributed by atoms with E-state index < -0.39 is 10.0 Å². The van der Waals surface area contributed by atoms with Gasteiger partial charge in [-0.25, -0.2) is 23.1 Å². The topological polar surface area (TPSA) is 94.0 Å². The zero-order chi connectivity index (χ0) is 26.5. The Morgan fingerprint density at radius 3 is 2.16 bits per heavy atom. The van der Waals surface area contributed by atoms with Crippen molar-refractivity contribution in [3.63, 3.8) is 0 Å². The predicted octanol–water partition coefficient (Wildman–Crippen LogP) is 6.27. The first-order chi connectivity index (χ1) is 17.4. The summed E-state index contributed by atoms with van der Waals surface area (Å²) in [4.78, 5) is 21.5. The van der Waals surface area contributed by atoms with Crippen molar-refractivity contribution in [1.29, 1.82) is 0 Å². The number of ketones is 1. The zero-order valence-corrected chi connectivity index (χ0v) is 23.4. The highest BCUT2D eigenvalue weighted by atomic mass is 79.9. The van der Waals surface area contributed by atoms with E-state index >= 15 is 0 Å². The molecular weight excluding hydrogens is 552 g/mol. The third-order valence-corrected chi connectivity index (χ3v) is 8.31. The van der Waals surface area contributed by atoms with Crippen molar-refractivity contribution in [1.82, 2.24) is 14.5 Å². The molecule has 2 heterocycles. The van der Waals surface area contributed by atoms with Crippen molar-refractivity contribution < 1.29 is 13.2 Å². The molecule has 2 aromatic heterocycles. The number of Topliss-reactive ketones (excluding diaryl/α,β-unsaturated/α-hetero) is 1. The quantitative estimate of drug-likeness (QED) is 0.301. The van der Waals surface area contributed by atoms with Crippen LogP contribution in [0.25, 0.3) is 16.9 Å². The summed E-state index contributed by atoms with van der Waals surface area (Å²) in [7, 11) is -3.89. The van der Waals surface area contributed by atoms with Crippen LogP contribution in [0.4, 0.5) is 5.95 Å². The number of aryl methyl sites for hydroxylation is 2. The highest BCUT2D eigenvalue weighted by molar-refractivity contribution is 9.10. The molecule has 5 rings (SSSR count). The smallest absolute Gasteiger partial charge is 0.264 e. The Morgan fingerprint density at radius 2 is 1.54 bits per heavy atom. The predicted molar refractivity (Wildman–Crippen MR) is 148 cm³/mol. The summed E-state index contributed by atoms with van der Waals surface area (Å²) in [6.45, 7) is 7.77. The van der Waals surface area contributed by atoms with Gasteiger partial charge in [-0.1, -0.05) is 41.9 Å². The van der Waals surface area contributed by atoms with Crippen molar-refractivity contribution in [2.24, 2.45) is 5.41 Å². The number of carbonyl (C=O) groups is 1. The summed E-state index contributed by atoms with van der Waals surface area (Å²) in [5, 5.41) is 0. The van der Waals surface area contributed by atoms with Gasteiger partial charge in [-0.3, -0.25) is 4.79 Å². The monoisotopic (exact) mass is 578 g/mol. The molecular formula is C28H27BrN4O3S. The molecule has 7 nitrogen and oxygen atoms in total. The highest BCUT2D eigenvalue weighted by Crippen LogP contribution is 2.40. The maximum absolute atomic E-state index is 13.1. The molecule has 1 N–H and O–H groups in total. The van der Waals surface area contributed by atoms with Crippen molar-refractivity contribution in [3.05, 3.63) is 87.8 Å². The summed E-state index contributed by atoms with van der Waals surface area (Å²) >= 11 is 3.49. The van der Waals surface area contributed by atoms with E-state index in [0.717, 1.165) is 39.1 Å². The van der Waals surface area contributed by atoms with Gasteiger partial charge in [0.15, 0.2) is 5.78 Å². The molecule has 2 aromatic carbocycles. The number of sulfonamides is 1. The normalized spacial score (nSPS) is 14.9. The minimum atomic E-state index is -3.89. The van der Waals surface area contributed by atoms with Crippen LogP contribution in [0.5, 0.6) is 0 Å². The average Bonchev–Trinajstić information content (AvgIpc) is 3.17. The number of carbonyl (C=O) groups excluding carboxylic acids is 1. The summed E-state index contributed by atoms with van der Waals surface area (Å²) in [5.41, 5.74) is 5.49. The van der Waals surface area contributed by atoms with E-state index in [9.17, 15) is 13.2 Å². The molecule has 0 atom stereocenters. The molecule has 9 heteroatoms. The van der Waals surface area contributed by atoms with E-state index in [1.807, 2.05) is 30.3 Å². The standard InChI is InChI=1S/C28H27BrN4O3S/c1-17-13-18(2)31-27(30-17)32-37(35,36)22-11-9-21(10-12-22)33-24(19-5-7-20(29)8-6-19)14-23-25(33)15-28(3,4)16-26(23)34/h5-14H,15-16H2,1-4H3,(H,30,31,32). The zero-order valence-electron chi connectivity index (χ0n) is 21.0. The van der Waals surface area contributed by atoms with Crippen LogP contribution in [0.2, 0.25) is 0 Å². The number of anilines is 1. The van der Waals surface area contributed by atoms with Gasteiger partial charge in [0.1, 0.15) is 0 Å². The molecule has 1 aliphatic rings. The van der Waals surface area contributed by atoms with Crippen LogP contribution in [0, 0.1) is 19.3 Å². The summed E-state index contributed by atoms with van der Waals surface area (Å²) in [6, 6.07) is 18.3. The van der Waals surface area contributed by atoms with Crippen molar-refractivity contribution in [3.8, 4) is 16.9 Å². The fourth-order valence-corrected chi connectivity index (χ4v) is 6.07. The van der Waals surface area contributed by atoms with E-state index in [-0.39, 0.29) is 22.0 Å². The lowest BCUT2D eigenvalue weighted by Crippen LogP contribution is -2.27. The number of hydrogen-bond donors (Lipinski definition) is 1. The van der Waals surface area contributed by atoms with Crippen molar-refractivity contribution >= 4 is 37.7 Å². The second-order valence-corrected chi connectivity index (χ2v) is 12.8. The summed E-state index contributed by atoms with van der Waals surface area (Å²) in [5.74, 6) is 0.166. The Morgan fingerprint density at radius 1 is 0.919 bits per heavy atom. The lowest BCUT2D eigenvalue weighted by atomic mass is 9.76. The largest absolute Gasteiger partial charge is 0.313 e. The minimum Gasteiger partial charge on any atom is -0.313 e. The molecule has 0 saturated heterocycles. The van der Waals surface area contributed by atoms with Gasteiger partial charge in [0.25, 0.3) is 10.0 Å². The van der Waals surface area contributed by atoms with E-state index in [1.54, 1.807) is 44.2 Å². The van der Waals surface area contributed by atoms with Gasteiger partial charge in [0.05, 0.1) is 10.6 Å². The van der Waals surface area contributed by atoms with E-state index in [4.69, 9.17) is 0 Å². The fraction of sp³-hybridized carbons (Fsp3) is 0.250. The van der Waals surface area contributed by atoms with E-state index in [2.05, 4.69) is 49.0 Å². The Bertz CT molecular complexity index is 1600. The van der Waals surface area contributed by atoms with Gasteiger partial charge < -0.3 is 4.57 Å². The number of benzene rings is 2. The Kier molecular flexibility index (Phi) is 6.32. The second kappa shape index (κ2) is 9.22. The SMILES string of the molecule is Cc1cc(C)nc(NS(=O)(=O)c2ccc(-n3c(-c4ccc(Br)cc4)cc4c3CC(C)(C)CC4=O)cc2)n1. The van der Waals surface area contributed by atoms with Crippen molar-refractivity contribution in [2.75, 3.05) is 4.72 Å². The highest BCUT2D eigenvalue weighted by Gasteiger charge is 2.35. The third-order valence-electron chi connectivity index (χ3n) is 6.44. The molecule has 0 fully saturated rings. The molecule has 37 heavy (non-hydrogen) atoms. The molecule has 1 aliphatic carbocycles. The molecule has 0 aliphatic heterocycles. The number of halogens is 1. The third kappa shape index (κ3) is 5.10. The van der Waals surface area contributed by atoms with Crippen LogP contribution in [0.15, 0.2) is 70.0 Å². The molecule has 0 spiro atoms. The summed E-state index contributed by atoms with van der Waals surface area (Å²) < 4.78 is 31.6. The molecule has 4 aromatic rings. The average molecular weight is 580 g/mol. The maximum Gasteiger partial charge on any atom is 0.264 e. The fourth-order valence-electron chi connectivity index (χ4n) is 4.86. The number of fused-ring (bicyclic) bond motifs is 1. The number of aromatic nitrogens is 3. The van der Waals surface area contributed by atoms with E-state index in [0.29, 0.717) is 17.8 Å². The van der Waals surface area contributed by atoms with Crippen LogP contribution in [-0.4, -0.2) is 28.7 Å². The first-order valence-electron chi connectivity index (χ1n) is 11.9. The van der Waals surface area contributed by atoms with E-state index in [1.165, 1.54) is 0 Å². The van der Waals surface area contributed by atoms with Gasteiger partial charge in [0, 0.05) is 39.2 Å². The van der Waals surface area contributed by atoms with Gasteiger partial charge in [-0.2, -0.15) is 0 Å². The maximum atomic E-state index is 13.1.